The molecule has 1 aromatic rings. The predicted molar refractivity (Wildman–Crippen MR) is 67.3 cm³/mol. The molecule has 1 aliphatic rings. The molecule has 1 fully saturated rings. The van der Waals surface area contributed by atoms with Crippen LogP contribution in [-0.2, 0) is 4.74 Å². The molecule has 0 amide bonds. The number of rotatable bonds is 3. The number of hydrogen-bond donors (Lipinski definition) is 1. The SMILES string of the molecule is CN1CCOC(CN)C1c1ccc([N+](=O)[O-])cc1. The Labute approximate surface area is 105 Å². The van der Waals surface area contributed by atoms with Crippen LogP contribution in [0.3, 0.4) is 0 Å². The maximum atomic E-state index is 10.6. The Kier molecular flexibility index (Phi) is 3.90. The first-order valence-electron chi connectivity index (χ1n) is 5.89. The molecule has 6 nitrogen and oxygen atoms in total. The second-order valence-electron chi connectivity index (χ2n) is 4.42. The second-order valence-corrected chi connectivity index (χ2v) is 4.42. The second kappa shape index (κ2) is 5.43. The number of likely N-dealkylation sites (N-methyl/N-ethyl adjacent to an activating group) is 1. The molecule has 1 heterocycles. The summed E-state index contributed by atoms with van der Waals surface area (Å²) in [5, 5.41) is 10.6. The van der Waals surface area contributed by atoms with Gasteiger partial charge in [0.2, 0.25) is 0 Å². The Hall–Kier alpha value is -1.50. The summed E-state index contributed by atoms with van der Waals surface area (Å²) in [5.74, 6) is 0. The molecule has 98 valence electrons. The molecule has 2 unspecified atom stereocenters. The molecule has 0 aromatic heterocycles. The topological polar surface area (TPSA) is 81.6 Å². The highest BCUT2D eigenvalue weighted by molar-refractivity contribution is 5.34. The molecule has 0 aliphatic carbocycles. The van der Waals surface area contributed by atoms with E-state index >= 15 is 0 Å². The van der Waals surface area contributed by atoms with Crippen LogP contribution in [0.2, 0.25) is 0 Å². The Morgan fingerprint density at radius 3 is 2.72 bits per heavy atom. The van der Waals surface area contributed by atoms with Crippen LogP contribution in [0.25, 0.3) is 0 Å². The number of benzene rings is 1. The van der Waals surface area contributed by atoms with E-state index in [1.54, 1.807) is 12.1 Å². The van der Waals surface area contributed by atoms with Gasteiger partial charge in [-0.05, 0) is 12.6 Å². The van der Waals surface area contributed by atoms with Gasteiger partial charge in [-0.25, -0.2) is 0 Å². The number of nitrogens with zero attached hydrogens (tertiary/aromatic N) is 2. The van der Waals surface area contributed by atoms with Crippen molar-refractivity contribution < 1.29 is 9.66 Å². The smallest absolute Gasteiger partial charge is 0.269 e. The van der Waals surface area contributed by atoms with Crippen LogP contribution in [0.4, 0.5) is 5.69 Å². The molecule has 1 aromatic carbocycles. The van der Waals surface area contributed by atoms with Crippen LogP contribution in [0.15, 0.2) is 24.3 Å². The molecular formula is C12H17N3O3. The van der Waals surface area contributed by atoms with E-state index in [2.05, 4.69) is 4.90 Å². The van der Waals surface area contributed by atoms with Crippen LogP contribution in [0.1, 0.15) is 11.6 Å². The summed E-state index contributed by atoms with van der Waals surface area (Å²) >= 11 is 0. The van der Waals surface area contributed by atoms with Gasteiger partial charge in [-0.3, -0.25) is 15.0 Å². The average Bonchev–Trinajstić information content (AvgIpc) is 2.38. The molecule has 1 saturated heterocycles. The van der Waals surface area contributed by atoms with Crippen LogP contribution in [0, 0.1) is 10.1 Å². The van der Waals surface area contributed by atoms with Crippen LogP contribution >= 0.6 is 0 Å². The van der Waals surface area contributed by atoms with Crippen LogP contribution in [0.5, 0.6) is 0 Å². The standard InChI is InChI=1S/C12H17N3O3/c1-14-6-7-18-11(8-13)12(14)9-2-4-10(5-3-9)15(16)17/h2-5,11-12H,6-8,13H2,1H3. The number of morpholine rings is 1. The summed E-state index contributed by atoms with van der Waals surface area (Å²) in [4.78, 5) is 12.4. The largest absolute Gasteiger partial charge is 0.374 e. The zero-order chi connectivity index (χ0) is 13.1. The van der Waals surface area contributed by atoms with E-state index in [-0.39, 0.29) is 17.8 Å². The molecule has 1 aliphatic heterocycles. The number of ether oxygens (including phenoxy) is 1. The monoisotopic (exact) mass is 251 g/mol. The molecule has 0 saturated carbocycles. The summed E-state index contributed by atoms with van der Waals surface area (Å²) in [6.45, 7) is 1.94. The highest BCUT2D eigenvalue weighted by Crippen LogP contribution is 2.28. The van der Waals surface area contributed by atoms with Gasteiger partial charge >= 0.3 is 0 Å². The summed E-state index contributed by atoms with van der Waals surface area (Å²) < 4.78 is 5.64. The molecule has 2 atom stereocenters. The van der Waals surface area contributed by atoms with Gasteiger partial charge in [0.25, 0.3) is 5.69 Å². The van der Waals surface area contributed by atoms with Crippen LogP contribution in [-0.4, -0.2) is 42.7 Å². The van der Waals surface area contributed by atoms with E-state index in [0.29, 0.717) is 13.2 Å². The zero-order valence-corrected chi connectivity index (χ0v) is 10.3. The normalized spacial score (nSPS) is 25.0. The third-order valence-electron chi connectivity index (χ3n) is 3.28. The molecule has 0 spiro atoms. The van der Waals surface area contributed by atoms with Crippen molar-refractivity contribution in [1.29, 1.82) is 0 Å². The number of nitro benzene ring substituents is 1. The van der Waals surface area contributed by atoms with Gasteiger partial charge in [0.05, 0.1) is 23.7 Å². The molecule has 0 radical (unpaired) electrons. The third kappa shape index (κ3) is 2.50. The van der Waals surface area contributed by atoms with Crippen molar-refractivity contribution in [2.75, 3.05) is 26.7 Å². The van der Waals surface area contributed by atoms with Gasteiger partial charge in [0.1, 0.15) is 0 Å². The minimum Gasteiger partial charge on any atom is -0.374 e. The van der Waals surface area contributed by atoms with E-state index in [4.69, 9.17) is 10.5 Å². The third-order valence-corrected chi connectivity index (χ3v) is 3.28. The van der Waals surface area contributed by atoms with Gasteiger partial charge in [-0.2, -0.15) is 0 Å². The lowest BCUT2D eigenvalue weighted by Gasteiger charge is -2.38. The molecular weight excluding hydrogens is 234 g/mol. The molecule has 2 rings (SSSR count). The van der Waals surface area contributed by atoms with Gasteiger partial charge in [-0.15, -0.1) is 0 Å². The summed E-state index contributed by atoms with van der Waals surface area (Å²) in [6, 6.07) is 6.65. The fraction of sp³-hybridized carbons (Fsp3) is 0.500. The Morgan fingerprint density at radius 2 is 2.17 bits per heavy atom. The highest BCUT2D eigenvalue weighted by Gasteiger charge is 2.30. The van der Waals surface area contributed by atoms with E-state index < -0.39 is 4.92 Å². The molecule has 2 N–H and O–H groups in total. The van der Waals surface area contributed by atoms with Crippen molar-refractivity contribution in [3.05, 3.63) is 39.9 Å². The molecule has 18 heavy (non-hydrogen) atoms. The summed E-state index contributed by atoms with van der Waals surface area (Å²) in [7, 11) is 2.01. The number of hydrogen-bond acceptors (Lipinski definition) is 5. The first-order chi connectivity index (χ1) is 8.63. The quantitative estimate of drug-likeness (QED) is 0.638. The lowest BCUT2D eigenvalue weighted by molar-refractivity contribution is -0.384. The Balaban J connectivity index is 2.24. The van der Waals surface area contributed by atoms with E-state index in [0.717, 1.165) is 12.1 Å². The van der Waals surface area contributed by atoms with Crippen molar-refractivity contribution in [1.82, 2.24) is 4.90 Å². The fourth-order valence-corrected chi connectivity index (χ4v) is 2.32. The maximum Gasteiger partial charge on any atom is 0.269 e. The first kappa shape index (κ1) is 12.9. The van der Waals surface area contributed by atoms with Crippen molar-refractivity contribution >= 4 is 5.69 Å². The lowest BCUT2D eigenvalue weighted by Crippen LogP contribution is -2.46. The Bertz CT molecular complexity index is 421. The number of nitrogens with two attached hydrogens (primary N) is 1. The van der Waals surface area contributed by atoms with Gasteiger partial charge in [0.15, 0.2) is 0 Å². The van der Waals surface area contributed by atoms with Crippen molar-refractivity contribution in [2.24, 2.45) is 5.73 Å². The van der Waals surface area contributed by atoms with Gasteiger partial charge < -0.3 is 10.5 Å². The lowest BCUT2D eigenvalue weighted by atomic mass is 9.98. The van der Waals surface area contributed by atoms with Crippen molar-refractivity contribution in [2.45, 2.75) is 12.1 Å². The minimum absolute atomic E-state index is 0.0598. The van der Waals surface area contributed by atoms with E-state index in [1.807, 2.05) is 7.05 Å². The van der Waals surface area contributed by atoms with Crippen molar-refractivity contribution in [3.63, 3.8) is 0 Å². The van der Waals surface area contributed by atoms with Crippen molar-refractivity contribution in [3.8, 4) is 0 Å². The summed E-state index contributed by atoms with van der Waals surface area (Å²) in [6.07, 6.45) is -0.0646. The number of non-ortho nitro benzene ring substituents is 1. The first-order valence-corrected chi connectivity index (χ1v) is 5.89. The minimum atomic E-state index is -0.398. The van der Waals surface area contributed by atoms with Gasteiger partial charge in [-0.1, -0.05) is 12.1 Å². The number of nitro groups is 1. The van der Waals surface area contributed by atoms with E-state index in [1.165, 1.54) is 12.1 Å². The maximum absolute atomic E-state index is 10.6. The zero-order valence-electron chi connectivity index (χ0n) is 10.3. The molecule has 6 heteroatoms. The van der Waals surface area contributed by atoms with E-state index in [9.17, 15) is 10.1 Å². The van der Waals surface area contributed by atoms with Gasteiger partial charge in [0, 0.05) is 25.2 Å². The fourth-order valence-electron chi connectivity index (χ4n) is 2.32. The average molecular weight is 251 g/mol. The summed E-state index contributed by atoms with van der Waals surface area (Å²) in [5.41, 5.74) is 6.81. The molecule has 0 bridgehead atoms. The highest BCUT2D eigenvalue weighted by atomic mass is 16.6. The predicted octanol–water partition coefficient (Wildman–Crippen LogP) is 0.925. The Morgan fingerprint density at radius 1 is 1.50 bits per heavy atom. The van der Waals surface area contributed by atoms with Crippen LogP contribution < -0.4 is 5.73 Å².